The van der Waals surface area contributed by atoms with Crippen molar-refractivity contribution in [1.29, 1.82) is 0 Å². The molecule has 2 unspecified atom stereocenters. The van der Waals surface area contributed by atoms with Gasteiger partial charge in [-0.25, -0.2) is 0 Å². The molecule has 2 atom stereocenters. The largest absolute Gasteiger partial charge is 0.756 e. The molecule has 0 aliphatic carbocycles. The summed E-state index contributed by atoms with van der Waals surface area (Å²) in [4.78, 5) is 38.0. The maximum absolute atomic E-state index is 12.8. The molecule has 0 rings (SSSR count). The Hall–Kier alpha value is -3.07. The van der Waals surface area contributed by atoms with Gasteiger partial charge in [-0.05, 0) is 96.3 Å². The molecule has 0 aromatic heterocycles. The molecule has 0 spiro atoms. The average molecular weight is 1140 g/mol. The highest BCUT2D eigenvalue weighted by Crippen LogP contribution is 2.38. The molecule has 10 heteroatoms. The van der Waals surface area contributed by atoms with Crippen molar-refractivity contribution in [1.82, 2.24) is 0 Å². The standard InChI is InChI=1S/C70H124NO8P/c1-6-8-10-12-14-16-18-20-22-24-26-28-30-32-34-35-37-39-41-43-45-47-49-51-53-55-57-59-61-63-70(73)79-68(67-78-80(74,75)77-65-64-71(3,4)5)66-76-69(72)62-60-58-56-54-52-50-48-46-44-42-40-38-36-33-31-29-27-25-23-21-19-17-15-13-11-9-7-2/h8,10,14,16,19-22,25-28,31-34,68H,6-7,9,11-13,15,17-18,23-24,29-30,35-67H2,1-5H3/b10-8-,16-14-,21-19-,22-20-,27-25-,28-26-,33-31-,34-32-. The van der Waals surface area contributed by atoms with Crippen molar-refractivity contribution in [3.8, 4) is 0 Å². The van der Waals surface area contributed by atoms with E-state index in [0.29, 0.717) is 17.4 Å². The number of hydrogen-bond donors (Lipinski definition) is 0. The molecule has 0 fully saturated rings. The summed E-state index contributed by atoms with van der Waals surface area (Å²) in [5, 5.41) is 0. The Labute approximate surface area is 493 Å². The summed E-state index contributed by atoms with van der Waals surface area (Å²) in [6.45, 7) is 4.13. The van der Waals surface area contributed by atoms with Gasteiger partial charge in [-0.1, -0.05) is 272 Å². The summed E-state index contributed by atoms with van der Waals surface area (Å²) in [5.41, 5.74) is 0. The lowest BCUT2D eigenvalue weighted by molar-refractivity contribution is -0.870. The molecule has 0 bridgehead atoms. The quantitative estimate of drug-likeness (QED) is 0.0195. The zero-order chi connectivity index (χ0) is 58.4. The third kappa shape index (κ3) is 64.1. The first-order valence-corrected chi connectivity index (χ1v) is 34.4. The van der Waals surface area contributed by atoms with Crippen LogP contribution >= 0.6 is 7.82 Å². The van der Waals surface area contributed by atoms with Gasteiger partial charge in [0.2, 0.25) is 0 Å². The third-order valence-corrected chi connectivity index (χ3v) is 15.1. The SMILES string of the molecule is CC/C=C\C/C=C\C/C=C\C/C=C\C/C=C\CCCCCCCCCCCCCCCC(=O)OC(COC(=O)CCCCCCCCCCCCCC/C=C\C/C=C\C/C=C\CCCCCCC)COP(=O)([O-])OCC[N+](C)(C)C. The molecule has 0 amide bonds. The summed E-state index contributed by atoms with van der Waals surface area (Å²) >= 11 is 0. The second-order valence-electron chi connectivity index (χ2n) is 23.1. The minimum absolute atomic E-state index is 0.0345. The number of hydrogen-bond acceptors (Lipinski definition) is 8. The number of nitrogens with zero attached hydrogens (tertiary/aromatic N) is 1. The first-order chi connectivity index (χ1) is 39.0. The number of ether oxygens (including phenoxy) is 2. The van der Waals surface area contributed by atoms with Crippen molar-refractivity contribution in [2.24, 2.45) is 0 Å². The number of unbranched alkanes of at least 4 members (excludes halogenated alkanes) is 30. The van der Waals surface area contributed by atoms with Crippen LogP contribution in [0.1, 0.15) is 284 Å². The van der Waals surface area contributed by atoms with Crippen LogP contribution in [-0.4, -0.2) is 70.0 Å². The van der Waals surface area contributed by atoms with Crippen LogP contribution in [0.15, 0.2) is 97.2 Å². The van der Waals surface area contributed by atoms with E-state index in [1.165, 1.54) is 167 Å². The second kappa shape index (κ2) is 60.5. The molecular weight excluding hydrogens is 1010 g/mol. The Morgan fingerprint density at radius 1 is 0.400 bits per heavy atom. The normalized spacial score (nSPS) is 13.8. The zero-order valence-electron chi connectivity index (χ0n) is 52.5. The number of rotatable bonds is 60. The van der Waals surface area contributed by atoms with Crippen molar-refractivity contribution in [2.45, 2.75) is 290 Å². The molecule has 0 radical (unpaired) electrons. The number of phosphoric acid groups is 1. The summed E-state index contributed by atoms with van der Waals surface area (Å²) in [6.07, 6.45) is 83.2. The second-order valence-corrected chi connectivity index (χ2v) is 24.5. The van der Waals surface area contributed by atoms with Gasteiger partial charge < -0.3 is 27.9 Å². The van der Waals surface area contributed by atoms with Crippen LogP contribution < -0.4 is 4.89 Å². The van der Waals surface area contributed by atoms with Crippen LogP contribution in [0.2, 0.25) is 0 Å². The number of likely N-dealkylation sites (N-methyl/N-ethyl adjacent to an activating group) is 1. The van der Waals surface area contributed by atoms with Gasteiger partial charge in [0.1, 0.15) is 19.8 Å². The molecule has 0 aliphatic rings. The van der Waals surface area contributed by atoms with Crippen molar-refractivity contribution in [3.63, 3.8) is 0 Å². The van der Waals surface area contributed by atoms with Gasteiger partial charge in [0.25, 0.3) is 7.82 Å². The van der Waals surface area contributed by atoms with E-state index in [0.717, 1.165) is 83.5 Å². The molecule has 0 heterocycles. The van der Waals surface area contributed by atoms with Crippen LogP contribution in [-0.2, 0) is 32.7 Å². The van der Waals surface area contributed by atoms with Crippen LogP contribution in [0.5, 0.6) is 0 Å². The van der Waals surface area contributed by atoms with E-state index in [2.05, 4.69) is 111 Å². The first-order valence-electron chi connectivity index (χ1n) is 32.9. The molecule has 80 heavy (non-hydrogen) atoms. The van der Waals surface area contributed by atoms with E-state index >= 15 is 0 Å². The van der Waals surface area contributed by atoms with Crippen molar-refractivity contribution in [3.05, 3.63) is 97.2 Å². The Morgan fingerprint density at radius 2 is 0.713 bits per heavy atom. The van der Waals surface area contributed by atoms with E-state index in [4.69, 9.17) is 18.5 Å². The topological polar surface area (TPSA) is 111 Å². The molecule has 0 N–H and O–H groups in total. The summed E-state index contributed by atoms with van der Waals surface area (Å²) < 4.78 is 34.3. The third-order valence-electron chi connectivity index (χ3n) is 14.1. The fourth-order valence-corrected chi connectivity index (χ4v) is 9.77. The van der Waals surface area contributed by atoms with E-state index < -0.39 is 26.5 Å². The number of phosphoric ester groups is 1. The number of allylic oxidation sites excluding steroid dienone is 16. The van der Waals surface area contributed by atoms with Crippen LogP contribution in [0.4, 0.5) is 0 Å². The monoisotopic (exact) mass is 1140 g/mol. The number of carbonyl (C=O) groups is 2. The predicted octanol–water partition coefficient (Wildman–Crippen LogP) is 20.5. The minimum atomic E-state index is -4.65. The maximum atomic E-state index is 12.8. The molecule has 9 nitrogen and oxygen atoms in total. The maximum Gasteiger partial charge on any atom is 0.306 e. The van der Waals surface area contributed by atoms with Gasteiger partial charge in [0.05, 0.1) is 27.7 Å². The smallest absolute Gasteiger partial charge is 0.306 e. The number of esters is 2. The van der Waals surface area contributed by atoms with E-state index in [-0.39, 0.29) is 32.0 Å². The fraction of sp³-hybridized carbons (Fsp3) is 0.743. The minimum Gasteiger partial charge on any atom is -0.756 e. The zero-order valence-corrected chi connectivity index (χ0v) is 53.4. The van der Waals surface area contributed by atoms with Gasteiger partial charge >= 0.3 is 11.9 Å². The van der Waals surface area contributed by atoms with Gasteiger partial charge in [-0.3, -0.25) is 14.2 Å². The van der Waals surface area contributed by atoms with Gasteiger partial charge in [0.15, 0.2) is 6.10 Å². The molecule has 0 aromatic carbocycles. The van der Waals surface area contributed by atoms with Crippen molar-refractivity contribution < 1.29 is 42.1 Å². The Bertz CT molecular complexity index is 1670. The molecule has 0 aliphatic heterocycles. The summed E-state index contributed by atoms with van der Waals surface area (Å²) in [5.74, 6) is -0.833. The molecule has 0 aromatic rings. The van der Waals surface area contributed by atoms with E-state index in [9.17, 15) is 19.0 Å². The molecule has 0 saturated heterocycles. The van der Waals surface area contributed by atoms with Crippen LogP contribution in [0, 0.1) is 0 Å². The van der Waals surface area contributed by atoms with E-state index in [1.807, 2.05) is 21.1 Å². The number of carbonyl (C=O) groups excluding carboxylic acids is 2. The lowest BCUT2D eigenvalue weighted by Gasteiger charge is -2.28. The highest BCUT2D eigenvalue weighted by molar-refractivity contribution is 7.45. The van der Waals surface area contributed by atoms with Crippen molar-refractivity contribution >= 4 is 19.8 Å². The predicted molar refractivity (Wildman–Crippen MR) is 342 cm³/mol. The highest BCUT2D eigenvalue weighted by Gasteiger charge is 2.22. The van der Waals surface area contributed by atoms with E-state index in [1.54, 1.807) is 0 Å². The fourth-order valence-electron chi connectivity index (χ4n) is 9.04. The molecule has 0 saturated carbocycles. The highest BCUT2D eigenvalue weighted by atomic mass is 31.2. The number of quaternary nitrogens is 1. The lowest BCUT2D eigenvalue weighted by Crippen LogP contribution is -2.37. The first kappa shape index (κ1) is 76.9. The average Bonchev–Trinajstić information content (AvgIpc) is 3.42. The Balaban J connectivity index is 4.10. The summed E-state index contributed by atoms with van der Waals surface area (Å²) in [7, 11) is 1.16. The lowest BCUT2D eigenvalue weighted by atomic mass is 10.0. The van der Waals surface area contributed by atoms with Crippen LogP contribution in [0.25, 0.3) is 0 Å². The summed E-state index contributed by atoms with van der Waals surface area (Å²) in [6, 6.07) is 0. The van der Waals surface area contributed by atoms with Crippen LogP contribution in [0.3, 0.4) is 0 Å². The van der Waals surface area contributed by atoms with Gasteiger partial charge in [-0.2, -0.15) is 0 Å². The van der Waals surface area contributed by atoms with Crippen molar-refractivity contribution in [2.75, 3.05) is 47.5 Å². The van der Waals surface area contributed by atoms with Gasteiger partial charge in [-0.15, -0.1) is 0 Å². The van der Waals surface area contributed by atoms with Gasteiger partial charge in [0, 0.05) is 12.8 Å². The molecular formula is C70H124NO8P. The Morgan fingerprint density at radius 3 is 1.06 bits per heavy atom. The molecule has 462 valence electrons. The Kier molecular flexibility index (Phi) is 58.2.